The summed E-state index contributed by atoms with van der Waals surface area (Å²) in [5.41, 5.74) is 3.10. The minimum Gasteiger partial charge on any atom is -0.480 e. The number of carboxylic acid groups (broad SMARTS) is 1. The number of aliphatic carboxylic acids is 1. The minimum atomic E-state index is -4.06. The molecule has 0 spiro atoms. The molecule has 0 radical (unpaired) electrons. The predicted molar refractivity (Wildman–Crippen MR) is 53.4 cm³/mol. The van der Waals surface area contributed by atoms with Gasteiger partial charge in [0.1, 0.15) is 0 Å². The van der Waals surface area contributed by atoms with Crippen LogP contribution in [0.3, 0.4) is 0 Å². The molecule has 0 rings (SSSR count). The number of rotatable bonds is 6. The maximum Gasteiger partial charge on any atom is 0.327 e. The Morgan fingerprint density at radius 1 is 1.53 bits per heavy atom. The van der Waals surface area contributed by atoms with Crippen LogP contribution >= 0.6 is 0 Å². The molecule has 0 aliphatic carbocycles. The molecule has 2 unspecified atom stereocenters. The molecule has 8 heteroatoms. The van der Waals surface area contributed by atoms with Crippen LogP contribution in [0.15, 0.2) is 0 Å². The van der Waals surface area contributed by atoms with Gasteiger partial charge in [-0.15, -0.1) is 0 Å². The van der Waals surface area contributed by atoms with Crippen molar-refractivity contribution in [1.29, 1.82) is 0 Å². The third-order valence-corrected chi connectivity index (χ3v) is 2.87. The molecular formula is C7H16N2O5S. The van der Waals surface area contributed by atoms with E-state index >= 15 is 0 Å². The van der Waals surface area contributed by atoms with E-state index in [-0.39, 0.29) is 6.42 Å². The molecule has 7 nitrogen and oxygen atoms in total. The van der Waals surface area contributed by atoms with Crippen molar-refractivity contribution in [3.63, 3.8) is 0 Å². The lowest BCUT2D eigenvalue weighted by Gasteiger charge is -2.28. The first-order chi connectivity index (χ1) is 6.63. The van der Waals surface area contributed by atoms with Gasteiger partial charge in [-0.2, -0.15) is 0 Å². The smallest absolute Gasteiger partial charge is 0.327 e. The monoisotopic (exact) mass is 240 g/mol. The Labute approximate surface area is 88.1 Å². The number of hydrogen-bond acceptors (Lipinski definition) is 5. The van der Waals surface area contributed by atoms with Gasteiger partial charge in [0.2, 0.25) is 10.0 Å². The van der Waals surface area contributed by atoms with Crippen molar-refractivity contribution >= 4 is 16.0 Å². The SMILES string of the molecule is CCCC(O)C(N)(CS(N)(=O)=O)C(=O)O. The molecule has 0 aliphatic heterocycles. The fourth-order valence-corrected chi connectivity index (χ4v) is 2.15. The lowest BCUT2D eigenvalue weighted by atomic mass is 9.93. The fraction of sp³-hybridized carbons (Fsp3) is 0.857. The van der Waals surface area contributed by atoms with E-state index in [0.717, 1.165) is 0 Å². The molecule has 0 aliphatic rings. The number of hydrogen-bond donors (Lipinski definition) is 4. The second kappa shape index (κ2) is 4.88. The molecule has 0 saturated heterocycles. The summed E-state index contributed by atoms with van der Waals surface area (Å²) < 4.78 is 21.6. The van der Waals surface area contributed by atoms with E-state index in [1.54, 1.807) is 6.92 Å². The summed E-state index contributed by atoms with van der Waals surface area (Å²) in [7, 11) is -4.06. The van der Waals surface area contributed by atoms with Crippen molar-refractivity contribution < 1.29 is 23.4 Å². The first kappa shape index (κ1) is 14.3. The van der Waals surface area contributed by atoms with Gasteiger partial charge < -0.3 is 15.9 Å². The van der Waals surface area contributed by atoms with E-state index in [0.29, 0.717) is 6.42 Å². The number of carbonyl (C=O) groups is 1. The molecular weight excluding hydrogens is 224 g/mol. The molecule has 15 heavy (non-hydrogen) atoms. The van der Waals surface area contributed by atoms with Crippen LogP contribution in [0.1, 0.15) is 19.8 Å². The highest BCUT2D eigenvalue weighted by atomic mass is 32.2. The Kier molecular flexibility index (Phi) is 4.65. The molecule has 0 aromatic heterocycles. The average Bonchev–Trinajstić information content (AvgIpc) is 2.01. The maximum atomic E-state index is 10.8. The maximum absolute atomic E-state index is 10.8. The largest absolute Gasteiger partial charge is 0.480 e. The first-order valence-electron chi connectivity index (χ1n) is 4.34. The standard InChI is InChI=1S/C7H16N2O5S/c1-2-3-5(10)7(8,6(11)12)4-15(9,13)14/h5,10H,2-4,8H2,1H3,(H,11,12)(H2,9,13,14). The number of aliphatic hydroxyl groups excluding tert-OH is 1. The van der Waals surface area contributed by atoms with Gasteiger partial charge in [-0.1, -0.05) is 13.3 Å². The second-order valence-electron chi connectivity index (χ2n) is 3.46. The van der Waals surface area contributed by atoms with Crippen LogP contribution in [0.2, 0.25) is 0 Å². The van der Waals surface area contributed by atoms with Gasteiger partial charge in [-0.05, 0) is 6.42 Å². The van der Waals surface area contributed by atoms with Crippen molar-refractivity contribution in [1.82, 2.24) is 0 Å². The fourth-order valence-electron chi connectivity index (χ4n) is 1.16. The number of sulfonamides is 1. The second-order valence-corrected chi connectivity index (χ2v) is 5.07. The van der Waals surface area contributed by atoms with Crippen LogP contribution in [0.25, 0.3) is 0 Å². The van der Waals surface area contributed by atoms with Crippen molar-refractivity contribution in [2.45, 2.75) is 31.4 Å². The highest BCUT2D eigenvalue weighted by molar-refractivity contribution is 7.89. The number of nitrogens with two attached hydrogens (primary N) is 2. The summed E-state index contributed by atoms with van der Waals surface area (Å²) in [4.78, 5) is 10.8. The summed E-state index contributed by atoms with van der Waals surface area (Å²) in [6, 6.07) is 0. The molecule has 0 saturated carbocycles. The quantitative estimate of drug-likeness (QED) is 0.432. The Hall–Kier alpha value is -0.700. The summed E-state index contributed by atoms with van der Waals surface area (Å²) in [5, 5.41) is 23.0. The van der Waals surface area contributed by atoms with Gasteiger partial charge in [0, 0.05) is 0 Å². The highest BCUT2D eigenvalue weighted by Gasteiger charge is 2.44. The molecule has 90 valence electrons. The predicted octanol–water partition coefficient (Wildman–Crippen LogP) is -1.78. The van der Waals surface area contributed by atoms with E-state index in [2.05, 4.69) is 0 Å². The number of aliphatic hydroxyl groups is 1. The van der Waals surface area contributed by atoms with Crippen LogP contribution in [0.4, 0.5) is 0 Å². The van der Waals surface area contributed by atoms with Gasteiger partial charge in [0.15, 0.2) is 5.54 Å². The Morgan fingerprint density at radius 2 is 2.00 bits per heavy atom. The normalized spacial score (nSPS) is 18.1. The summed E-state index contributed by atoms with van der Waals surface area (Å²) in [5.74, 6) is -2.58. The van der Waals surface area contributed by atoms with Crippen LogP contribution in [-0.4, -0.2) is 42.0 Å². The van der Waals surface area contributed by atoms with Crippen LogP contribution in [0, 0.1) is 0 Å². The van der Waals surface area contributed by atoms with E-state index in [1.165, 1.54) is 0 Å². The van der Waals surface area contributed by atoms with Gasteiger partial charge in [-0.25, -0.2) is 13.6 Å². The topological polar surface area (TPSA) is 144 Å². The van der Waals surface area contributed by atoms with Crippen LogP contribution in [-0.2, 0) is 14.8 Å². The summed E-state index contributed by atoms with van der Waals surface area (Å²) >= 11 is 0. The van der Waals surface area contributed by atoms with Gasteiger partial charge >= 0.3 is 5.97 Å². The van der Waals surface area contributed by atoms with Crippen molar-refractivity contribution in [3.8, 4) is 0 Å². The third kappa shape index (κ3) is 4.12. The van der Waals surface area contributed by atoms with Gasteiger partial charge in [0.25, 0.3) is 0 Å². The lowest BCUT2D eigenvalue weighted by Crippen LogP contribution is -2.62. The van der Waals surface area contributed by atoms with Crippen molar-refractivity contribution in [2.24, 2.45) is 10.9 Å². The molecule has 6 N–H and O–H groups in total. The summed E-state index contributed by atoms with van der Waals surface area (Å²) in [6.07, 6.45) is -0.866. The lowest BCUT2D eigenvalue weighted by molar-refractivity contribution is -0.146. The van der Waals surface area contributed by atoms with E-state index in [9.17, 15) is 18.3 Å². The third-order valence-electron chi connectivity index (χ3n) is 1.99. The van der Waals surface area contributed by atoms with Gasteiger partial charge in [0.05, 0.1) is 11.9 Å². The summed E-state index contributed by atoms with van der Waals surface area (Å²) in [6.45, 7) is 1.71. The Bertz CT molecular complexity index is 328. The van der Waals surface area contributed by atoms with E-state index in [1.807, 2.05) is 0 Å². The molecule has 0 amide bonds. The van der Waals surface area contributed by atoms with Gasteiger partial charge in [-0.3, -0.25) is 4.79 Å². The molecule has 2 atom stereocenters. The molecule has 0 fully saturated rings. The number of carboxylic acids is 1. The zero-order valence-electron chi connectivity index (χ0n) is 8.38. The Morgan fingerprint density at radius 3 is 2.27 bits per heavy atom. The van der Waals surface area contributed by atoms with E-state index < -0.39 is 33.4 Å². The highest BCUT2D eigenvalue weighted by Crippen LogP contribution is 2.14. The van der Waals surface area contributed by atoms with Crippen LogP contribution < -0.4 is 10.9 Å². The van der Waals surface area contributed by atoms with Crippen molar-refractivity contribution in [2.75, 3.05) is 5.75 Å². The molecule has 0 heterocycles. The van der Waals surface area contributed by atoms with E-state index in [4.69, 9.17) is 16.0 Å². The zero-order chi connectivity index (χ0) is 12.3. The molecule has 0 aromatic carbocycles. The first-order valence-corrected chi connectivity index (χ1v) is 6.06. The average molecular weight is 240 g/mol. The van der Waals surface area contributed by atoms with Crippen molar-refractivity contribution in [3.05, 3.63) is 0 Å². The minimum absolute atomic E-state index is 0.0956. The van der Waals surface area contributed by atoms with Crippen LogP contribution in [0.5, 0.6) is 0 Å². The molecule has 0 aromatic rings. The molecule has 0 bridgehead atoms. The number of primary sulfonamides is 1. The Balaban J connectivity index is 4.98. The zero-order valence-corrected chi connectivity index (χ0v) is 9.20.